The first-order valence-electron chi connectivity index (χ1n) is 6.76. The fourth-order valence-electron chi connectivity index (χ4n) is 3.00. The number of ether oxygens (including phenoxy) is 1. The second kappa shape index (κ2) is 4.69. The summed E-state index contributed by atoms with van der Waals surface area (Å²) < 4.78 is 20.0. The van der Waals surface area contributed by atoms with Crippen molar-refractivity contribution in [3.63, 3.8) is 0 Å². The van der Waals surface area contributed by atoms with Crippen LogP contribution in [0.5, 0.6) is 5.88 Å². The fourth-order valence-corrected chi connectivity index (χ4v) is 3.24. The Morgan fingerprint density at radius 2 is 2.26 bits per heavy atom. The highest BCUT2D eigenvalue weighted by Gasteiger charge is 2.43. The van der Waals surface area contributed by atoms with Gasteiger partial charge in [-0.1, -0.05) is 11.6 Å². The molecule has 1 fully saturated rings. The molecule has 1 atom stereocenters. The minimum absolute atomic E-state index is 0.0365. The van der Waals surface area contributed by atoms with Gasteiger partial charge in [0, 0.05) is 6.54 Å². The average molecular weight is 338 g/mol. The fraction of sp³-hybridized carbons (Fsp3) is 0.214. The molecule has 0 aliphatic carbocycles. The number of imidazole rings is 1. The van der Waals surface area contributed by atoms with E-state index in [1.807, 2.05) is 0 Å². The molecule has 0 unspecified atom stereocenters. The lowest BCUT2D eigenvalue weighted by Crippen LogP contribution is -2.44. The molecule has 1 amide bonds. The summed E-state index contributed by atoms with van der Waals surface area (Å²) in [5.41, 5.74) is 0.821. The van der Waals surface area contributed by atoms with Gasteiger partial charge in [0.25, 0.3) is 5.91 Å². The van der Waals surface area contributed by atoms with Gasteiger partial charge in [-0.15, -0.1) is 0 Å². The van der Waals surface area contributed by atoms with E-state index < -0.39 is 17.9 Å². The summed E-state index contributed by atoms with van der Waals surface area (Å²) >= 11 is 5.99. The zero-order chi connectivity index (χ0) is 16.3. The topological polar surface area (TPSA) is 84.7 Å². The average Bonchev–Trinajstić information content (AvgIpc) is 2.80. The quantitative estimate of drug-likeness (QED) is 0.809. The summed E-state index contributed by atoms with van der Waals surface area (Å²) in [5.74, 6) is -1.18. The molecule has 0 radical (unpaired) electrons. The molecule has 23 heavy (non-hydrogen) atoms. The maximum absolute atomic E-state index is 13.8. The van der Waals surface area contributed by atoms with Crippen molar-refractivity contribution < 1.29 is 23.8 Å². The normalized spacial score (nSPS) is 18.4. The van der Waals surface area contributed by atoms with E-state index in [0.717, 1.165) is 6.07 Å². The van der Waals surface area contributed by atoms with Gasteiger partial charge < -0.3 is 14.7 Å². The standard InChI is InChI=1S/C14H9ClFN3O4/c15-10-6(16)1-2-7-9(10)13(20)18-4-3-8(18)11-12(23-14(21)22)17-5-19(7)11/h1-2,5,8H,3-4H2,(H,21,22)/t8-/m0/s1. The number of aromatic nitrogens is 2. The van der Waals surface area contributed by atoms with E-state index in [4.69, 9.17) is 21.4 Å². The maximum atomic E-state index is 13.8. The van der Waals surface area contributed by atoms with Gasteiger partial charge in [-0.05, 0) is 18.6 Å². The molecule has 1 N–H and O–H groups in total. The molecule has 2 aliphatic rings. The van der Waals surface area contributed by atoms with Gasteiger partial charge in [0.1, 0.15) is 17.8 Å². The second-order valence-electron chi connectivity index (χ2n) is 5.23. The molecule has 3 heterocycles. The number of fused-ring (bicyclic) bond motifs is 5. The van der Waals surface area contributed by atoms with E-state index in [1.54, 1.807) is 0 Å². The first-order chi connectivity index (χ1) is 11.0. The Balaban J connectivity index is 2.00. The Kier molecular flexibility index (Phi) is 2.86. The predicted octanol–water partition coefficient (Wildman–Crippen LogP) is 2.62. The molecule has 9 heteroatoms. The Morgan fingerprint density at radius 3 is 2.91 bits per heavy atom. The highest BCUT2D eigenvalue weighted by Crippen LogP contribution is 2.44. The summed E-state index contributed by atoms with van der Waals surface area (Å²) in [7, 11) is 0. The van der Waals surface area contributed by atoms with Crippen LogP contribution in [0.15, 0.2) is 18.5 Å². The molecule has 4 rings (SSSR count). The minimum Gasteiger partial charge on any atom is -0.449 e. The van der Waals surface area contributed by atoms with Gasteiger partial charge in [0.15, 0.2) is 0 Å². The molecule has 1 aromatic heterocycles. The molecule has 2 aliphatic heterocycles. The summed E-state index contributed by atoms with van der Waals surface area (Å²) in [5, 5.41) is 8.57. The molecular formula is C14H9ClFN3O4. The van der Waals surface area contributed by atoms with Crippen molar-refractivity contribution in [3.8, 4) is 11.6 Å². The van der Waals surface area contributed by atoms with E-state index in [2.05, 4.69) is 4.98 Å². The van der Waals surface area contributed by atoms with Gasteiger partial charge in [0.05, 0.1) is 22.3 Å². The van der Waals surface area contributed by atoms with Crippen molar-refractivity contribution in [2.45, 2.75) is 12.5 Å². The zero-order valence-corrected chi connectivity index (χ0v) is 12.2. The van der Waals surface area contributed by atoms with Gasteiger partial charge >= 0.3 is 6.16 Å². The van der Waals surface area contributed by atoms with Crippen LogP contribution in [0.2, 0.25) is 5.02 Å². The number of carbonyl (C=O) groups excluding carboxylic acids is 1. The number of hydrogen-bond donors (Lipinski definition) is 1. The molecule has 0 bridgehead atoms. The summed E-state index contributed by atoms with van der Waals surface area (Å²) in [6.07, 6.45) is 0.474. The molecule has 118 valence electrons. The zero-order valence-electron chi connectivity index (χ0n) is 11.5. The van der Waals surface area contributed by atoms with E-state index in [0.29, 0.717) is 24.3 Å². The van der Waals surface area contributed by atoms with Gasteiger partial charge in [-0.2, -0.15) is 0 Å². The van der Waals surface area contributed by atoms with Crippen LogP contribution < -0.4 is 4.74 Å². The van der Waals surface area contributed by atoms with Gasteiger partial charge in [0.2, 0.25) is 5.88 Å². The predicted molar refractivity (Wildman–Crippen MR) is 75.6 cm³/mol. The van der Waals surface area contributed by atoms with Crippen LogP contribution in [-0.2, 0) is 0 Å². The Hall–Kier alpha value is -2.61. The van der Waals surface area contributed by atoms with Crippen LogP contribution in [0.4, 0.5) is 9.18 Å². The van der Waals surface area contributed by atoms with Crippen molar-refractivity contribution in [1.29, 1.82) is 0 Å². The largest absolute Gasteiger partial charge is 0.512 e. The van der Waals surface area contributed by atoms with Crippen LogP contribution in [0.3, 0.4) is 0 Å². The number of rotatable bonds is 1. The number of carbonyl (C=O) groups is 2. The lowest BCUT2D eigenvalue weighted by molar-refractivity contribution is 0.0454. The molecule has 7 nitrogen and oxygen atoms in total. The number of hydrogen-bond acceptors (Lipinski definition) is 4. The third-order valence-electron chi connectivity index (χ3n) is 4.10. The van der Waals surface area contributed by atoms with Crippen molar-refractivity contribution >= 4 is 23.7 Å². The highest BCUT2D eigenvalue weighted by molar-refractivity contribution is 6.34. The number of carboxylic acid groups (broad SMARTS) is 1. The van der Waals surface area contributed by atoms with Crippen LogP contribution >= 0.6 is 11.6 Å². The lowest BCUT2D eigenvalue weighted by Gasteiger charge is -2.39. The van der Waals surface area contributed by atoms with Crippen LogP contribution in [0.25, 0.3) is 5.69 Å². The van der Waals surface area contributed by atoms with Gasteiger partial charge in [-0.25, -0.2) is 14.2 Å². The summed E-state index contributed by atoms with van der Waals surface area (Å²) in [4.78, 5) is 28.9. The molecular weight excluding hydrogens is 329 g/mol. The van der Waals surface area contributed by atoms with E-state index in [-0.39, 0.29) is 22.5 Å². The minimum atomic E-state index is -1.50. The van der Waals surface area contributed by atoms with Crippen LogP contribution in [0, 0.1) is 5.82 Å². The first-order valence-corrected chi connectivity index (χ1v) is 7.14. The van der Waals surface area contributed by atoms with Crippen molar-refractivity contribution in [2.24, 2.45) is 0 Å². The van der Waals surface area contributed by atoms with E-state index in [1.165, 1.54) is 21.9 Å². The third-order valence-corrected chi connectivity index (χ3v) is 4.47. The molecule has 2 aromatic rings. The maximum Gasteiger partial charge on any atom is 0.512 e. The number of halogens is 2. The molecule has 0 spiro atoms. The van der Waals surface area contributed by atoms with Crippen LogP contribution in [0.1, 0.15) is 28.5 Å². The Labute approximate surface area is 133 Å². The lowest BCUT2D eigenvalue weighted by atomic mass is 9.99. The first kappa shape index (κ1) is 14.0. The van der Waals surface area contributed by atoms with E-state index >= 15 is 0 Å². The number of benzene rings is 1. The van der Waals surface area contributed by atoms with Crippen molar-refractivity contribution in [1.82, 2.24) is 14.5 Å². The SMILES string of the molecule is O=C(O)Oc1ncn2c1[C@@H]1CCN1C(=O)c1c-2ccc(F)c1Cl. The number of nitrogens with zero attached hydrogens (tertiary/aromatic N) is 3. The monoisotopic (exact) mass is 337 g/mol. The molecule has 0 saturated carbocycles. The Morgan fingerprint density at radius 1 is 1.48 bits per heavy atom. The number of amides is 1. The van der Waals surface area contributed by atoms with Gasteiger partial charge in [-0.3, -0.25) is 9.36 Å². The van der Waals surface area contributed by atoms with Crippen LogP contribution in [-0.4, -0.2) is 38.2 Å². The Bertz CT molecular complexity index is 866. The molecule has 1 saturated heterocycles. The van der Waals surface area contributed by atoms with Crippen molar-refractivity contribution in [3.05, 3.63) is 40.6 Å². The smallest absolute Gasteiger partial charge is 0.449 e. The molecule has 1 aromatic carbocycles. The highest BCUT2D eigenvalue weighted by atomic mass is 35.5. The van der Waals surface area contributed by atoms with Crippen molar-refractivity contribution in [2.75, 3.05) is 6.54 Å². The van der Waals surface area contributed by atoms with E-state index in [9.17, 15) is 14.0 Å². The summed E-state index contributed by atoms with van der Waals surface area (Å²) in [6, 6.07) is 2.18. The summed E-state index contributed by atoms with van der Waals surface area (Å²) in [6.45, 7) is 0.466. The second-order valence-corrected chi connectivity index (χ2v) is 5.61. The third kappa shape index (κ3) is 1.84.